The molecule has 2 aliphatic rings. The summed E-state index contributed by atoms with van der Waals surface area (Å²) >= 11 is 0. The fourth-order valence-electron chi connectivity index (χ4n) is 2.88. The Morgan fingerprint density at radius 1 is 1.17 bits per heavy atom. The molecule has 3 nitrogen and oxygen atoms in total. The van der Waals surface area contributed by atoms with Crippen LogP contribution >= 0.6 is 0 Å². The van der Waals surface area contributed by atoms with Gasteiger partial charge in [-0.05, 0) is 43.4 Å². The van der Waals surface area contributed by atoms with Gasteiger partial charge in [0, 0.05) is 11.6 Å². The third kappa shape index (κ3) is 2.40. The summed E-state index contributed by atoms with van der Waals surface area (Å²) in [6.45, 7) is 0. The first-order valence-electron chi connectivity index (χ1n) is 6.52. The van der Waals surface area contributed by atoms with Gasteiger partial charge < -0.3 is 4.74 Å². The fraction of sp³-hybridized carbons (Fsp3) is 0.400. The van der Waals surface area contributed by atoms with Crippen molar-refractivity contribution in [2.75, 3.05) is 5.32 Å². The van der Waals surface area contributed by atoms with Gasteiger partial charge in [0.25, 0.3) is 0 Å². The van der Waals surface area contributed by atoms with E-state index in [2.05, 4.69) is 17.5 Å². The van der Waals surface area contributed by atoms with E-state index in [4.69, 9.17) is 4.74 Å². The summed E-state index contributed by atoms with van der Waals surface area (Å²) in [6, 6.07) is 9.39. The standard InChI is InChI=1S/C15H17NO2/c17-15(16-13-4-2-1-3-5-13)18-14-9-7-11-6-8-12(14)10-11/h1-5,7,9,11-12,14H,6,8,10H2,(H,16,17)/t11-,12+,14+/m0/s1. The largest absolute Gasteiger partial charge is 0.441 e. The summed E-state index contributed by atoms with van der Waals surface area (Å²) in [5.74, 6) is 1.23. The number of nitrogens with one attached hydrogen (secondary N) is 1. The molecule has 0 heterocycles. The van der Waals surface area contributed by atoms with Crippen molar-refractivity contribution in [3.8, 4) is 0 Å². The van der Waals surface area contributed by atoms with Crippen LogP contribution in [0.1, 0.15) is 19.3 Å². The number of para-hydroxylation sites is 1. The summed E-state index contributed by atoms with van der Waals surface area (Å²) in [5.41, 5.74) is 0.770. The molecule has 0 saturated heterocycles. The molecule has 1 amide bonds. The lowest BCUT2D eigenvalue weighted by atomic mass is 9.93. The number of benzene rings is 1. The van der Waals surface area contributed by atoms with Crippen LogP contribution in [0.25, 0.3) is 0 Å². The number of hydrogen-bond acceptors (Lipinski definition) is 2. The van der Waals surface area contributed by atoms with Crippen LogP contribution in [0.2, 0.25) is 0 Å². The van der Waals surface area contributed by atoms with Crippen LogP contribution in [0.3, 0.4) is 0 Å². The molecular weight excluding hydrogens is 226 g/mol. The monoisotopic (exact) mass is 243 g/mol. The van der Waals surface area contributed by atoms with Gasteiger partial charge in [-0.1, -0.05) is 24.3 Å². The van der Waals surface area contributed by atoms with Gasteiger partial charge in [0.05, 0.1) is 0 Å². The molecule has 3 heteroatoms. The number of allylic oxidation sites excluding steroid dienone is 1. The average molecular weight is 243 g/mol. The van der Waals surface area contributed by atoms with E-state index in [1.165, 1.54) is 19.3 Å². The van der Waals surface area contributed by atoms with E-state index in [0.29, 0.717) is 11.8 Å². The number of hydrogen-bond donors (Lipinski definition) is 1. The minimum atomic E-state index is -0.360. The molecule has 18 heavy (non-hydrogen) atoms. The number of rotatable bonds is 2. The van der Waals surface area contributed by atoms with Crippen LogP contribution < -0.4 is 5.32 Å². The van der Waals surface area contributed by atoms with Crippen molar-refractivity contribution in [3.05, 3.63) is 42.5 Å². The molecule has 0 unspecified atom stereocenters. The van der Waals surface area contributed by atoms with Crippen LogP contribution in [0.4, 0.5) is 10.5 Å². The highest BCUT2D eigenvalue weighted by atomic mass is 16.6. The van der Waals surface area contributed by atoms with E-state index in [-0.39, 0.29) is 12.2 Å². The molecule has 0 spiro atoms. The minimum absolute atomic E-state index is 0.0486. The Labute approximate surface area is 107 Å². The Bertz CT molecular complexity index is 455. The topological polar surface area (TPSA) is 38.3 Å². The quantitative estimate of drug-likeness (QED) is 0.806. The Hall–Kier alpha value is -1.77. The summed E-state index contributed by atoms with van der Waals surface area (Å²) < 4.78 is 5.49. The van der Waals surface area contributed by atoms with Crippen LogP contribution in [0, 0.1) is 11.8 Å². The van der Waals surface area contributed by atoms with E-state index in [9.17, 15) is 4.79 Å². The van der Waals surface area contributed by atoms with Crippen molar-refractivity contribution >= 4 is 11.8 Å². The smallest absolute Gasteiger partial charge is 0.412 e. The molecule has 1 saturated carbocycles. The van der Waals surface area contributed by atoms with E-state index in [0.717, 1.165) is 5.69 Å². The Balaban J connectivity index is 1.58. The second kappa shape index (κ2) is 4.84. The lowest BCUT2D eigenvalue weighted by Gasteiger charge is -2.23. The summed E-state index contributed by atoms with van der Waals surface area (Å²) in [4.78, 5) is 11.8. The van der Waals surface area contributed by atoms with Gasteiger partial charge in [0.2, 0.25) is 0 Å². The van der Waals surface area contributed by atoms with E-state index >= 15 is 0 Å². The molecule has 2 aliphatic carbocycles. The molecule has 1 fully saturated rings. The summed E-state index contributed by atoms with van der Waals surface area (Å²) in [6.07, 6.45) is 7.41. The van der Waals surface area contributed by atoms with Gasteiger partial charge in [0.1, 0.15) is 6.10 Å². The van der Waals surface area contributed by atoms with Crippen LogP contribution in [-0.4, -0.2) is 12.2 Å². The van der Waals surface area contributed by atoms with Crippen LogP contribution in [-0.2, 0) is 4.74 Å². The number of fused-ring (bicyclic) bond motifs is 2. The highest BCUT2D eigenvalue weighted by molar-refractivity contribution is 5.84. The fourth-order valence-corrected chi connectivity index (χ4v) is 2.88. The molecule has 1 aromatic rings. The maximum Gasteiger partial charge on any atom is 0.412 e. The zero-order valence-corrected chi connectivity index (χ0v) is 10.2. The lowest BCUT2D eigenvalue weighted by Crippen LogP contribution is -2.28. The van der Waals surface area contributed by atoms with Crippen molar-refractivity contribution in [1.29, 1.82) is 0 Å². The Morgan fingerprint density at radius 2 is 2.00 bits per heavy atom. The van der Waals surface area contributed by atoms with Gasteiger partial charge >= 0.3 is 6.09 Å². The van der Waals surface area contributed by atoms with E-state index < -0.39 is 0 Å². The molecule has 3 atom stereocenters. The van der Waals surface area contributed by atoms with Crippen molar-refractivity contribution in [3.63, 3.8) is 0 Å². The first kappa shape index (κ1) is 11.3. The molecule has 2 bridgehead atoms. The molecule has 94 valence electrons. The normalized spacial score (nSPS) is 29.0. The van der Waals surface area contributed by atoms with Crippen molar-refractivity contribution in [2.45, 2.75) is 25.4 Å². The number of ether oxygens (including phenoxy) is 1. The highest BCUT2D eigenvalue weighted by Crippen LogP contribution is 2.39. The zero-order valence-electron chi connectivity index (χ0n) is 10.2. The molecule has 1 N–H and O–H groups in total. The Kier molecular flexibility index (Phi) is 3.05. The predicted molar refractivity (Wildman–Crippen MR) is 70.3 cm³/mol. The zero-order chi connectivity index (χ0) is 12.4. The third-order valence-corrected chi connectivity index (χ3v) is 3.81. The highest BCUT2D eigenvalue weighted by Gasteiger charge is 2.34. The number of carbonyl (C=O) groups excluding carboxylic acids is 1. The maximum absolute atomic E-state index is 11.8. The van der Waals surface area contributed by atoms with E-state index in [1.807, 2.05) is 30.3 Å². The van der Waals surface area contributed by atoms with Gasteiger partial charge in [-0.2, -0.15) is 0 Å². The van der Waals surface area contributed by atoms with Crippen molar-refractivity contribution < 1.29 is 9.53 Å². The SMILES string of the molecule is O=C(Nc1ccccc1)O[C@@H]1C=C[C@@H]2CC[C@@H]1C2. The van der Waals surface area contributed by atoms with Crippen molar-refractivity contribution in [1.82, 2.24) is 0 Å². The molecule has 0 radical (unpaired) electrons. The van der Waals surface area contributed by atoms with Gasteiger partial charge in [-0.3, -0.25) is 5.32 Å². The molecule has 0 aromatic heterocycles. The number of anilines is 1. The number of carbonyl (C=O) groups is 1. The molecule has 0 aliphatic heterocycles. The lowest BCUT2D eigenvalue weighted by molar-refractivity contribution is 0.0985. The minimum Gasteiger partial charge on any atom is -0.441 e. The third-order valence-electron chi connectivity index (χ3n) is 3.81. The molecule has 3 rings (SSSR count). The Morgan fingerprint density at radius 3 is 2.83 bits per heavy atom. The molecule has 1 aromatic carbocycles. The van der Waals surface area contributed by atoms with Crippen LogP contribution in [0.15, 0.2) is 42.5 Å². The second-order valence-corrected chi connectivity index (χ2v) is 5.08. The van der Waals surface area contributed by atoms with Gasteiger partial charge in [0.15, 0.2) is 0 Å². The summed E-state index contributed by atoms with van der Waals surface area (Å²) in [5, 5.41) is 2.75. The second-order valence-electron chi connectivity index (χ2n) is 5.08. The molecular formula is C15H17NO2. The average Bonchev–Trinajstić information content (AvgIpc) is 2.77. The van der Waals surface area contributed by atoms with E-state index in [1.54, 1.807) is 0 Å². The van der Waals surface area contributed by atoms with Crippen molar-refractivity contribution in [2.24, 2.45) is 11.8 Å². The summed E-state index contributed by atoms with van der Waals surface area (Å²) in [7, 11) is 0. The predicted octanol–water partition coefficient (Wildman–Crippen LogP) is 3.59. The van der Waals surface area contributed by atoms with Gasteiger partial charge in [-0.25, -0.2) is 4.79 Å². The maximum atomic E-state index is 11.8. The number of amides is 1. The van der Waals surface area contributed by atoms with Gasteiger partial charge in [-0.15, -0.1) is 0 Å². The first-order chi connectivity index (χ1) is 8.81. The van der Waals surface area contributed by atoms with Crippen LogP contribution in [0.5, 0.6) is 0 Å². The first-order valence-corrected chi connectivity index (χ1v) is 6.52.